The van der Waals surface area contributed by atoms with Crippen LogP contribution in [0.3, 0.4) is 0 Å². The van der Waals surface area contributed by atoms with E-state index in [-0.39, 0.29) is 10.8 Å². The number of nitrogens with zero attached hydrogens (tertiary/aromatic N) is 4. The second kappa shape index (κ2) is 8.67. The molecular weight excluding hydrogens is 478 g/mol. The monoisotopic (exact) mass is 507 g/mol. The van der Waals surface area contributed by atoms with Crippen LogP contribution in [0.25, 0.3) is 10.9 Å². The topological polar surface area (TPSA) is 116 Å². The van der Waals surface area contributed by atoms with E-state index in [4.69, 9.17) is 4.74 Å². The molecule has 184 valence electrons. The van der Waals surface area contributed by atoms with Crippen LogP contribution in [0.5, 0.6) is 0 Å². The molecule has 1 saturated heterocycles. The molecule has 0 atom stereocenters. The van der Waals surface area contributed by atoms with Crippen LogP contribution in [0.1, 0.15) is 31.0 Å². The first-order valence-electron chi connectivity index (χ1n) is 11.4. The van der Waals surface area contributed by atoms with Crippen molar-refractivity contribution in [2.24, 2.45) is 7.05 Å². The van der Waals surface area contributed by atoms with Gasteiger partial charge in [0.1, 0.15) is 0 Å². The number of sulfonamides is 1. The van der Waals surface area contributed by atoms with Gasteiger partial charge in [0.05, 0.1) is 17.6 Å². The normalized spacial score (nSPS) is 18.3. The average Bonchev–Trinajstić information content (AvgIpc) is 3.41. The Morgan fingerprint density at radius 1 is 1.18 bits per heavy atom. The quantitative estimate of drug-likeness (QED) is 0.542. The van der Waals surface area contributed by atoms with Crippen molar-refractivity contribution in [1.29, 1.82) is 0 Å². The predicted molar refractivity (Wildman–Crippen MR) is 129 cm³/mol. The van der Waals surface area contributed by atoms with Crippen molar-refractivity contribution >= 4 is 36.6 Å². The van der Waals surface area contributed by atoms with Gasteiger partial charge in [-0.3, -0.25) is 9.62 Å². The summed E-state index contributed by atoms with van der Waals surface area (Å²) in [6, 6.07) is 5.43. The number of ether oxygens (including phenoxy) is 1. The number of fused-ring (bicyclic) bond motifs is 3. The number of benzene rings is 1. The predicted octanol–water partition coefficient (Wildman–Crippen LogP) is 1.91. The highest BCUT2D eigenvalue weighted by molar-refractivity contribution is 7.92. The lowest BCUT2D eigenvalue weighted by atomic mass is 9.99. The summed E-state index contributed by atoms with van der Waals surface area (Å²) >= 11 is 0. The van der Waals surface area contributed by atoms with Crippen molar-refractivity contribution in [2.75, 3.05) is 30.2 Å². The van der Waals surface area contributed by atoms with Crippen LogP contribution in [0.4, 0.5) is 5.69 Å². The molecule has 0 aliphatic carbocycles. The minimum Gasteiger partial charge on any atom is -0.381 e. The number of rotatable bonds is 6. The van der Waals surface area contributed by atoms with Crippen molar-refractivity contribution in [3.63, 3.8) is 0 Å². The van der Waals surface area contributed by atoms with Crippen molar-refractivity contribution in [3.8, 4) is 0 Å². The first-order chi connectivity index (χ1) is 16.2. The van der Waals surface area contributed by atoms with E-state index in [2.05, 4.69) is 14.6 Å². The Morgan fingerprint density at radius 3 is 2.62 bits per heavy atom. The number of hydrogen-bond donors (Lipinski definition) is 1. The van der Waals surface area contributed by atoms with Gasteiger partial charge in [-0.15, -0.1) is 0 Å². The molecular formula is C22H29N5O5S2. The van der Waals surface area contributed by atoms with Crippen LogP contribution in [0.15, 0.2) is 35.7 Å². The fourth-order valence-electron chi connectivity index (χ4n) is 4.95. The second-order valence-electron chi connectivity index (χ2n) is 8.87. The summed E-state index contributed by atoms with van der Waals surface area (Å²) in [7, 11) is -5.69. The number of anilines is 1. The van der Waals surface area contributed by atoms with Gasteiger partial charge < -0.3 is 9.30 Å². The summed E-state index contributed by atoms with van der Waals surface area (Å²) in [5.74, 6) is -0.0129. The molecule has 0 bridgehead atoms. The van der Waals surface area contributed by atoms with Crippen molar-refractivity contribution in [1.82, 2.24) is 18.4 Å². The summed E-state index contributed by atoms with van der Waals surface area (Å²) < 4.78 is 62.8. The Labute approximate surface area is 199 Å². The van der Waals surface area contributed by atoms with Gasteiger partial charge in [0.25, 0.3) is 10.0 Å². The summed E-state index contributed by atoms with van der Waals surface area (Å²) in [4.78, 5) is 6.34. The smallest absolute Gasteiger partial charge is 0.280 e. The Kier molecular flexibility index (Phi) is 5.95. The highest BCUT2D eigenvalue weighted by Crippen LogP contribution is 2.36. The summed E-state index contributed by atoms with van der Waals surface area (Å²) in [6.45, 7) is 4.52. The minimum atomic E-state index is -3.87. The molecule has 0 amide bonds. The van der Waals surface area contributed by atoms with E-state index in [0.29, 0.717) is 30.2 Å². The molecule has 0 radical (unpaired) electrons. The number of aryl methyl sites for hydroxylation is 1. The molecule has 34 heavy (non-hydrogen) atoms. The molecule has 1 N–H and O–H groups in total. The molecule has 2 aliphatic heterocycles. The Morgan fingerprint density at radius 2 is 1.94 bits per heavy atom. The SMILES string of the molecule is CCS(=O)(=O)n1c2c(c3cc(NS(=O)(=O)c4cn(C)cn4)ccc31)CN(C1CCOCC1)CC2. The van der Waals surface area contributed by atoms with Crippen molar-refractivity contribution < 1.29 is 21.6 Å². The van der Waals surface area contributed by atoms with Crippen LogP contribution in [0, 0.1) is 0 Å². The van der Waals surface area contributed by atoms with Gasteiger partial charge in [-0.05, 0) is 43.5 Å². The fraction of sp³-hybridized carbons (Fsp3) is 0.500. The molecule has 10 nitrogen and oxygen atoms in total. The van der Waals surface area contributed by atoms with Crippen LogP contribution in [0.2, 0.25) is 0 Å². The maximum Gasteiger partial charge on any atom is 0.280 e. The van der Waals surface area contributed by atoms with E-state index in [1.54, 1.807) is 36.7 Å². The van der Waals surface area contributed by atoms with Gasteiger partial charge in [0.2, 0.25) is 10.0 Å². The van der Waals surface area contributed by atoms with Gasteiger partial charge in [-0.1, -0.05) is 0 Å². The van der Waals surface area contributed by atoms with Gasteiger partial charge in [0.15, 0.2) is 5.03 Å². The van der Waals surface area contributed by atoms with Crippen LogP contribution >= 0.6 is 0 Å². The molecule has 12 heteroatoms. The van der Waals surface area contributed by atoms with E-state index < -0.39 is 20.0 Å². The molecule has 2 aliphatic rings. The summed E-state index contributed by atoms with van der Waals surface area (Å²) in [6.07, 6.45) is 5.38. The van der Waals surface area contributed by atoms with E-state index in [1.165, 1.54) is 16.5 Å². The highest BCUT2D eigenvalue weighted by Gasteiger charge is 2.32. The first kappa shape index (κ1) is 23.3. The first-order valence-corrected chi connectivity index (χ1v) is 14.5. The fourth-order valence-corrected chi connectivity index (χ4v) is 7.23. The largest absolute Gasteiger partial charge is 0.381 e. The lowest BCUT2D eigenvalue weighted by Crippen LogP contribution is -2.42. The molecule has 0 spiro atoms. The number of hydrogen-bond acceptors (Lipinski definition) is 7. The molecule has 4 heterocycles. The highest BCUT2D eigenvalue weighted by atomic mass is 32.2. The minimum absolute atomic E-state index is 0.0129. The molecule has 1 fully saturated rings. The maximum absolute atomic E-state index is 13.0. The van der Waals surface area contributed by atoms with E-state index >= 15 is 0 Å². The maximum atomic E-state index is 13.0. The standard InChI is InChI=1S/C22H29N5O5S2/c1-3-33(28,29)27-20-5-4-16(24-34(30,31)22-14-25(2)15-23-22)12-18(20)19-13-26(9-6-21(19)27)17-7-10-32-11-8-17/h4-5,12,14-15,17,24H,3,6-11,13H2,1-2H3. The number of nitrogens with one attached hydrogen (secondary N) is 1. The molecule has 3 aromatic rings. The molecule has 5 rings (SSSR count). The molecule has 0 saturated carbocycles. The molecule has 2 aromatic heterocycles. The number of imidazole rings is 1. The van der Waals surface area contributed by atoms with Gasteiger partial charge >= 0.3 is 0 Å². The number of aromatic nitrogens is 3. The lowest BCUT2D eigenvalue weighted by molar-refractivity contribution is 0.0291. The third-order valence-corrected chi connectivity index (χ3v) is 9.66. The van der Waals surface area contributed by atoms with Crippen molar-refractivity contribution in [3.05, 3.63) is 42.0 Å². The third kappa shape index (κ3) is 4.12. The molecule has 1 aromatic carbocycles. The average molecular weight is 508 g/mol. The molecule has 0 unspecified atom stereocenters. The zero-order valence-corrected chi connectivity index (χ0v) is 20.9. The zero-order valence-electron chi connectivity index (χ0n) is 19.3. The van der Waals surface area contributed by atoms with Crippen LogP contribution in [-0.4, -0.2) is 66.8 Å². The van der Waals surface area contributed by atoms with E-state index in [1.807, 2.05) is 0 Å². The summed E-state index contributed by atoms with van der Waals surface area (Å²) in [5, 5.41) is 0.680. The van der Waals surface area contributed by atoms with Crippen molar-refractivity contribution in [2.45, 2.75) is 43.8 Å². The third-order valence-electron chi connectivity index (χ3n) is 6.69. The zero-order chi connectivity index (χ0) is 24.1. The Balaban J connectivity index is 1.58. The lowest BCUT2D eigenvalue weighted by Gasteiger charge is -2.37. The van der Waals surface area contributed by atoms with Gasteiger partial charge in [0, 0.05) is 68.8 Å². The Hall–Kier alpha value is -2.41. The van der Waals surface area contributed by atoms with Crippen LogP contribution in [-0.2, 0) is 44.8 Å². The summed E-state index contributed by atoms with van der Waals surface area (Å²) in [5.41, 5.74) is 2.70. The van der Waals surface area contributed by atoms with E-state index in [0.717, 1.165) is 49.2 Å². The van der Waals surface area contributed by atoms with Gasteiger partial charge in [-0.25, -0.2) is 17.4 Å². The van der Waals surface area contributed by atoms with Gasteiger partial charge in [-0.2, -0.15) is 8.42 Å². The second-order valence-corrected chi connectivity index (χ2v) is 12.6. The van der Waals surface area contributed by atoms with E-state index in [9.17, 15) is 16.8 Å². The van der Waals surface area contributed by atoms with Crippen LogP contribution < -0.4 is 4.72 Å². The Bertz CT molecular complexity index is 1440.